The summed E-state index contributed by atoms with van der Waals surface area (Å²) in [4.78, 5) is 26.5. The van der Waals surface area contributed by atoms with Crippen molar-refractivity contribution in [3.8, 4) is 0 Å². The molecule has 1 aromatic rings. The molecule has 6 nitrogen and oxygen atoms in total. The molecule has 0 atom stereocenters. The molecule has 8 heteroatoms. The molecule has 1 heterocycles. The zero-order valence-corrected chi connectivity index (χ0v) is 15.3. The van der Waals surface area contributed by atoms with Crippen molar-refractivity contribution in [1.29, 1.82) is 0 Å². The Hall–Kier alpha value is -1.86. The maximum absolute atomic E-state index is 14.2. The van der Waals surface area contributed by atoms with Gasteiger partial charge in [-0.2, -0.15) is 0 Å². The Balaban J connectivity index is 1.96. The molecule has 0 unspecified atom stereocenters. The third kappa shape index (κ3) is 5.31. The van der Waals surface area contributed by atoms with Gasteiger partial charge in [0.1, 0.15) is 11.4 Å². The van der Waals surface area contributed by atoms with Crippen molar-refractivity contribution < 1.29 is 23.8 Å². The zero-order chi connectivity index (χ0) is 18.8. The summed E-state index contributed by atoms with van der Waals surface area (Å²) in [5.41, 5.74) is -0.463. The number of hydrogen-bond acceptors (Lipinski definition) is 4. The Morgan fingerprint density at radius 3 is 2.32 bits per heavy atom. The average molecular weight is 373 g/mol. The van der Waals surface area contributed by atoms with E-state index in [1.807, 2.05) is 25.7 Å². The summed E-state index contributed by atoms with van der Waals surface area (Å²) in [5.74, 6) is -1.86. The summed E-state index contributed by atoms with van der Waals surface area (Å²) in [6.07, 6.45) is -0.359. The molecule has 2 rings (SSSR count). The van der Waals surface area contributed by atoms with Gasteiger partial charge in [0.05, 0.1) is 5.56 Å². The molecule has 1 N–H and O–H groups in total. The van der Waals surface area contributed by atoms with Crippen molar-refractivity contribution in [2.75, 3.05) is 26.2 Å². The highest BCUT2D eigenvalue weighted by atomic mass is 35.5. The third-order valence-electron chi connectivity index (χ3n) is 3.79. The fourth-order valence-electron chi connectivity index (χ4n) is 2.52. The standard InChI is InChI=1S/C17H22ClFN2O4/c1-17(2,3)25-16(24)21-6-4-20(5-7-21)10-12-13(18)8-11(15(22)23)9-14(12)19/h8-9H,4-7,10H2,1-3H3,(H,22,23). The lowest BCUT2D eigenvalue weighted by Crippen LogP contribution is -2.49. The van der Waals surface area contributed by atoms with E-state index in [2.05, 4.69) is 0 Å². The fraction of sp³-hybridized carbons (Fsp3) is 0.529. The van der Waals surface area contributed by atoms with Gasteiger partial charge in [0, 0.05) is 43.3 Å². The Labute approximate surface area is 151 Å². The molecule has 0 aromatic heterocycles. The molecular weight excluding hydrogens is 351 g/mol. The second-order valence-corrected chi connectivity index (χ2v) is 7.37. The highest BCUT2D eigenvalue weighted by Crippen LogP contribution is 2.24. The second-order valence-electron chi connectivity index (χ2n) is 6.97. The predicted molar refractivity (Wildman–Crippen MR) is 91.5 cm³/mol. The van der Waals surface area contributed by atoms with E-state index in [4.69, 9.17) is 21.4 Å². The maximum Gasteiger partial charge on any atom is 0.410 e. The van der Waals surface area contributed by atoms with Gasteiger partial charge in [-0.15, -0.1) is 0 Å². The third-order valence-corrected chi connectivity index (χ3v) is 4.13. The Bertz CT molecular complexity index is 644. The van der Waals surface area contributed by atoms with Crippen LogP contribution in [0.25, 0.3) is 0 Å². The number of benzene rings is 1. The van der Waals surface area contributed by atoms with Crippen molar-refractivity contribution in [1.82, 2.24) is 9.80 Å². The van der Waals surface area contributed by atoms with E-state index in [-0.39, 0.29) is 28.8 Å². The number of rotatable bonds is 3. The van der Waals surface area contributed by atoms with Crippen LogP contribution in [0.2, 0.25) is 5.02 Å². The molecule has 0 radical (unpaired) electrons. The van der Waals surface area contributed by atoms with Crippen LogP contribution in [0.4, 0.5) is 9.18 Å². The van der Waals surface area contributed by atoms with Crippen molar-refractivity contribution >= 4 is 23.7 Å². The molecule has 1 aliphatic rings. The molecule has 1 aromatic carbocycles. The van der Waals surface area contributed by atoms with Gasteiger partial charge < -0.3 is 14.7 Å². The number of amides is 1. The first-order valence-electron chi connectivity index (χ1n) is 7.98. The van der Waals surface area contributed by atoms with Gasteiger partial charge in [0.15, 0.2) is 0 Å². The van der Waals surface area contributed by atoms with Gasteiger partial charge >= 0.3 is 12.1 Å². The number of carboxylic acid groups (broad SMARTS) is 1. The van der Waals surface area contributed by atoms with Crippen LogP contribution in [0.3, 0.4) is 0 Å². The van der Waals surface area contributed by atoms with Crippen molar-refractivity contribution in [3.05, 3.63) is 34.1 Å². The molecule has 0 aliphatic carbocycles. The first kappa shape index (κ1) is 19.5. The molecule has 1 aliphatic heterocycles. The van der Waals surface area contributed by atoms with Crippen LogP contribution in [0.15, 0.2) is 12.1 Å². The van der Waals surface area contributed by atoms with Crippen LogP contribution in [0.1, 0.15) is 36.7 Å². The van der Waals surface area contributed by atoms with Crippen LogP contribution >= 0.6 is 11.6 Å². The number of hydrogen-bond donors (Lipinski definition) is 1. The minimum atomic E-state index is -1.22. The summed E-state index contributed by atoms with van der Waals surface area (Å²) < 4.78 is 19.5. The van der Waals surface area contributed by atoms with Crippen molar-refractivity contribution in [2.24, 2.45) is 0 Å². The van der Waals surface area contributed by atoms with E-state index in [9.17, 15) is 14.0 Å². The largest absolute Gasteiger partial charge is 0.478 e. The molecule has 0 bridgehead atoms. The summed E-state index contributed by atoms with van der Waals surface area (Å²) in [7, 11) is 0. The summed E-state index contributed by atoms with van der Waals surface area (Å²) in [6, 6.07) is 2.22. The van der Waals surface area contributed by atoms with Crippen LogP contribution in [0, 0.1) is 5.82 Å². The van der Waals surface area contributed by atoms with Crippen LogP contribution in [-0.2, 0) is 11.3 Å². The molecule has 1 fully saturated rings. The molecular formula is C17H22ClFN2O4. The van der Waals surface area contributed by atoms with Gasteiger partial charge in [0.2, 0.25) is 0 Å². The topological polar surface area (TPSA) is 70.1 Å². The number of aromatic carboxylic acids is 1. The van der Waals surface area contributed by atoms with Gasteiger partial charge in [-0.3, -0.25) is 4.90 Å². The molecule has 138 valence electrons. The SMILES string of the molecule is CC(C)(C)OC(=O)N1CCN(Cc2c(F)cc(C(=O)O)cc2Cl)CC1. The minimum absolute atomic E-state index is 0.0898. The summed E-state index contributed by atoms with van der Waals surface area (Å²) in [6.45, 7) is 7.74. The van der Waals surface area contributed by atoms with E-state index < -0.39 is 17.4 Å². The molecule has 0 saturated carbocycles. The number of carbonyl (C=O) groups is 2. The van der Waals surface area contributed by atoms with Gasteiger partial charge in [-0.1, -0.05) is 11.6 Å². The number of halogens is 2. The number of ether oxygens (including phenoxy) is 1. The Morgan fingerprint density at radius 2 is 1.84 bits per heavy atom. The molecule has 1 saturated heterocycles. The molecule has 25 heavy (non-hydrogen) atoms. The number of nitrogens with zero attached hydrogens (tertiary/aromatic N) is 2. The Kier molecular flexibility index (Phi) is 5.90. The number of piperazine rings is 1. The smallest absolute Gasteiger partial charge is 0.410 e. The number of carbonyl (C=O) groups excluding carboxylic acids is 1. The monoisotopic (exact) mass is 372 g/mol. The van der Waals surface area contributed by atoms with Gasteiger partial charge in [-0.05, 0) is 32.9 Å². The Morgan fingerprint density at radius 1 is 1.24 bits per heavy atom. The van der Waals surface area contributed by atoms with Crippen molar-refractivity contribution in [2.45, 2.75) is 32.9 Å². The predicted octanol–water partition coefficient (Wildman–Crippen LogP) is 3.23. The number of carboxylic acids is 1. The lowest BCUT2D eigenvalue weighted by molar-refractivity contribution is 0.0138. The van der Waals surface area contributed by atoms with E-state index >= 15 is 0 Å². The van der Waals surface area contributed by atoms with E-state index in [0.717, 1.165) is 6.07 Å². The zero-order valence-electron chi connectivity index (χ0n) is 14.5. The van der Waals surface area contributed by atoms with Gasteiger partial charge in [-0.25, -0.2) is 14.0 Å². The van der Waals surface area contributed by atoms with Crippen LogP contribution in [0.5, 0.6) is 0 Å². The minimum Gasteiger partial charge on any atom is -0.478 e. The fourth-order valence-corrected chi connectivity index (χ4v) is 2.78. The average Bonchev–Trinajstić information content (AvgIpc) is 2.49. The van der Waals surface area contributed by atoms with E-state index in [1.54, 1.807) is 4.90 Å². The van der Waals surface area contributed by atoms with E-state index in [1.165, 1.54) is 6.07 Å². The highest BCUT2D eigenvalue weighted by Gasteiger charge is 2.26. The van der Waals surface area contributed by atoms with Crippen LogP contribution < -0.4 is 0 Å². The lowest BCUT2D eigenvalue weighted by atomic mass is 10.1. The lowest BCUT2D eigenvalue weighted by Gasteiger charge is -2.35. The first-order chi connectivity index (χ1) is 11.6. The maximum atomic E-state index is 14.2. The second kappa shape index (κ2) is 7.58. The van der Waals surface area contributed by atoms with E-state index in [0.29, 0.717) is 26.2 Å². The summed E-state index contributed by atoms with van der Waals surface area (Å²) in [5, 5.41) is 9.01. The summed E-state index contributed by atoms with van der Waals surface area (Å²) >= 11 is 6.04. The highest BCUT2D eigenvalue weighted by molar-refractivity contribution is 6.31. The normalized spacial score (nSPS) is 16.0. The first-order valence-corrected chi connectivity index (χ1v) is 8.36. The van der Waals surface area contributed by atoms with Crippen molar-refractivity contribution in [3.63, 3.8) is 0 Å². The quantitative estimate of drug-likeness (QED) is 0.882. The molecule has 1 amide bonds. The van der Waals surface area contributed by atoms with Gasteiger partial charge in [0.25, 0.3) is 0 Å². The van der Waals surface area contributed by atoms with Crippen LogP contribution in [-0.4, -0.2) is 58.7 Å². The molecule has 0 spiro atoms.